The molecule has 0 radical (unpaired) electrons. The second-order valence-electron chi connectivity index (χ2n) is 5.92. The fourth-order valence-electron chi connectivity index (χ4n) is 2.82. The Balaban J connectivity index is 1.57. The SMILES string of the molecule is CNC(=O)[C@H]1CN(c2ccc(-c3ccc(-n4cnnn4)nc3)c(F)c2)C(=O)O1. The van der Waals surface area contributed by atoms with Crippen LogP contribution in [0.2, 0.25) is 0 Å². The van der Waals surface area contributed by atoms with Crippen LogP contribution in [0.3, 0.4) is 0 Å². The number of amides is 2. The number of nitrogens with zero attached hydrogens (tertiary/aromatic N) is 6. The molecule has 1 aliphatic heterocycles. The van der Waals surface area contributed by atoms with Crippen LogP contribution in [0.4, 0.5) is 14.9 Å². The number of hydrogen-bond donors (Lipinski definition) is 1. The van der Waals surface area contributed by atoms with Crippen LogP contribution in [0.25, 0.3) is 16.9 Å². The number of rotatable bonds is 4. The Labute approximate surface area is 157 Å². The van der Waals surface area contributed by atoms with Crippen molar-refractivity contribution in [1.29, 1.82) is 0 Å². The van der Waals surface area contributed by atoms with Crippen LogP contribution in [0.1, 0.15) is 0 Å². The van der Waals surface area contributed by atoms with E-state index in [9.17, 15) is 14.0 Å². The molecular formula is C17H14FN7O3. The molecule has 0 unspecified atom stereocenters. The molecular weight excluding hydrogens is 369 g/mol. The molecule has 28 heavy (non-hydrogen) atoms. The molecule has 0 spiro atoms. The fourth-order valence-corrected chi connectivity index (χ4v) is 2.82. The molecule has 2 aromatic heterocycles. The maximum atomic E-state index is 14.7. The average Bonchev–Trinajstić information content (AvgIpc) is 3.37. The minimum Gasteiger partial charge on any atom is -0.434 e. The molecule has 10 nitrogen and oxygen atoms in total. The first-order valence-electron chi connectivity index (χ1n) is 8.26. The van der Waals surface area contributed by atoms with Gasteiger partial charge in [-0.1, -0.05) is 0 Å². The Morgan fingerprint density at radius 1 is 1.32 bits per heavy atom. The number of hydrogen-bond acceptors (Lipinski definition) is 7. The Morgan fingerprint density at radius 2 is 2.18 bits per heavy atom. The Hall–Kier alpha value is -3.89. The van der Waals surface area contributed by atoms with Gasteiger partial charge >= 0.3 is 6.09 Å². The summed E-state index contributed by atoms with van der Waals surface area (Å²) < 4.78 is 21.1. The molecule has 4 rings (SSSR count). The van der Waals surface area contributed by atoms with Gasteiger partial charge in [-0.05, 0) is 40.8 Å². The van der Waals surface area contributed by atoms with Crippen LogP contribution in [-0.2, 0) is 9.53 Å². The third-order valence-corrected chi connectivity index (χ3v) is 4.26. The number of carbonyl (C=O) groups excluding carboxylic acids is 2. The number of cyclic esters (lactones) is 1. The molecule has 3 heterocycles. The van der Waals surface area contributed by atoms with Gasteiger partial charge in [0, 0.05) is 24.4 Å². The van der Waals surface area contributed by atoms with E-state index in [-0.39, 0.29) is 6.54 Å². The van der Waals surface area contributed by atoms with E-state index in [0.29, 0.717) is 22.6 Å². The molecule has 3 aromatic rings. The lowest BCUT2D eigenvalue weighted by molar-refractivity contribution is -0.127. The minimum atomic E-state index is -0.928. The second kappa shape index (κ2) is 7.02. The fraction of sp³-hybridized carbons (Fsp3) is 0.176. The van der Waals surface area contributed by atoms with Gasteiger partial charge in [-0.3, -0.25) is 9.69 Å². The Kier molecular flexibility index (Phi) is 4.39. The summed E-state index contributed by atoms with van der Waals surface area (Å²) in [5, 5.41) is 13.2. The van der Waals surface area contributed by atoms with Crippen LogP contribution in [0, 0.1) is 5.82 Å². The van der Waals surface area contributed by atoms with E-state index in [2.05, 4.69) is 25.8 Å². The highest BCUT2D eigenvalue weighted by molar-refractivity contribution is 5.95. The van der Waals surface area contributed by atoms with E-state index in [0.717, 1.165) is 0 Å². The van der Waals surface area contributed by atoms with E-state index in [1.54, 1.807) is 24.3 Å². The summed E-state index contributed by atoms with van der Waals surface area (Å²) in [6.07, 6.45) is 1.27. The highest BCUT2D eigenvalue weighted by Crippen LogP contribution is 2.29. The smallest absolute Gasteiger partial charge is 0.415 e. The quantitative estimate of drug-likeness (QED) is 0.713. The number of tetrazole rings is 1. The summed E-state index contributed by atoms with van der Waals surface area (Å²) in [5.41, 5.74) is 1.17. The van der Waals surface area contributed by atoms with Crippen LogP contribution in [0.15, 0.2) is 42.9 Å². The standard InChI is InChI=1S/C17H14FN7O3/c1-19-16(26)14-8-24(17(27)28-14)11-3-4-12(13(18)6-11)10-2-5-15(20-7-10)25-9-21-22-23-25/h2-7,9,14H,8H2,1H3,(H,19,26)/t14-/m1/s1. The molecule has 0 bridgehead atoms. The van der Waals surface area contributed by atoms with E-state index < -0.39 is 23.9 Å². The van der Waals surface area contributed by atoms with Gasteiger partial charge in [-0.15, -0.1) is 5.10 Å². The highest BCUT2D eigenvalue weighted by Gasteiger charge is 2.36. The number of aromatic nitrogens is 5. The zero-order chi connectivity index (χ0) is 19.7. The number of likely N-dealkylation sites (N-methyl/N-ethyl adjacent to an activating group) is 1. The lowest BCUT2D eigenvalue weighted by atomic mass is 10.1. The molecule has 1 N–H and O–H groups in total. The number of nitrogens with one attached hydrogen (secondary N) is 1. The average molecular weight is 383 g/mol. The van der Waals surface area contributed by atoms with Gasteiger partial charge in [-0.2, -0.15) is 4.68 Å². The first kappa shape index (κ1) is 17.5. The zero-order valence-electron chi connectivity index (χ0n) is 14.6. The third kappa shape index (κ3) is 3.13. The van der Waals surface area contributed by atoms with Crippen molar-refractivity contribution in [2.24, 2.45) is 0 Å². The number of benzene rings is 1. The van der Waals surface area contributed by atoms with Gasteiger partial charge in [-0.25, -0.2) is 14.2 Å². The Bertz CT molecular complexity index is 1020. The molecule has 1 saturated heterocycles. The third-order valence-electron chi connectivity index (χ3n) is 4.26. The molecule has 0 saturated carbocycles. The molecule has 2 amide bonds. The minimum absolute atomic E-state index is 0.0134. The van der Waals surface area contributed by atoms with Crippen molar-refractivity contribution in [2.75, 3.05) is 18.5 Å². The molecule has 142 valence electrons. The van der Waals surface area contributed by atoms with Gasteiger partial charge in [0.25, 0.3) is 5.91 Å². The van der Waals surface area contributed by atoms with Crippen molar-refractivity contribution in [3.8, 4) is 16.9 Å². The lowest BCUT2D eigenvalue weighted by Gasteiger charge is -2.14. The van der Waals surface area contributed by atoms with Crippen LogP contribution < -0.4 is 10.2 Å². The summed E-state index contributed by atoms with van der Waals surface area (Å²) in [5.74, 6) is -0.460. The first-order valence-corrected chi connectivity index (χ1v) is 8.26. The summed E-state index contributed by atoms with van der Waals surface area (Å²) in [6.45, 7) is 0.0134. The predicted octanol–water partition coefficient (Wildman–Crippen LogP) is 0.935. The van der Waals surface area contributed by atoms with Gasteiger partial charge in [0.2, 0.25) is 0 Å². The van der Waals surface area contributed by atoms with Crippen LogP contribution in [0.5, 0.6) is 0 Å². The summed E-state index contributed by atoms with van der Waals surface area (Å²) >= 11 is 0. The number of ether oxygens (including phenoxy) is 1. The number of anilines is 1. The largest absolute Gasteiger partial charge is 0.434 e. The Morgan fingerprint density at radius 3 is 2.82 bits per heavy atom. The van der Waals surface area contributed by atoms with Crippen molar-refractivity contribution in [3.63, 3.8) is 0 Å². The van der Waals surface area contributed by atoms with Crippen LogP contribution >= 0.6 is 0 Å². The normalized spacial score (nSPS) is 16.1. The molecule has 1 aromatic carbocycles. The van der Waals surface area contributed by atoms with Crippen molar-refractivity contribution in [2.45, 2.75) is 6.10 Å². The van der Waals surface area contributed by atoms with Crippen molar-refractivity contribution in [1.82, 2.24) is 30.5 Å². The van der Waals surface area contributed by atoms with E-state index in [1.165, 1.54) is 35.2 Å². The summed E-state index contributed by atoms with van der Waals surface area (Å²) in [4.78, 5) is 29.1. The van der Waals surface area contributed by atoms with Crippen molar-refractivity contribution in [3.05, 3.63) is 48.7 Å². The van der Waals surface area contributed by atoms with Crippen LogP contribution in [-0.4, -0.2) is 56.9 Å². The maximum absolute atomic E-state index is 14.7. The molecule has 1 fully saturated rings. The maximum Gasteiger partial charge on any atom is 0.415 e. The van der Waals surface area contributed by atoms with Gasteiger partial charge < -0.3 is 10.1 Å². The first-order chi connectivity index (χ1) is 13.6. The number of pyridine rings is 1. The lowest BCUT2D eigenvalue weighted by Crippen LogP contribution is -2.35. The van der Waals surface area contributed by atoms with E-state index in [4.69, 9.17) is 4.74 Å². The van der Waals surface area contributed by atoms with Gasteiger partial charge in [0.15, 0.2) is 11.9 Å². The summed E-state index contributed by atoms with van der Waals surface area (Å²) in [6, 6.07) is 7.69. The number of carbonyl (C=O) groups is 2. The predicted molar refractivity (Wildman–Crippen MR) is 94.0 cm³/mol. The van der Waals surface area contributed by atoms with Crippen molar-refractivity contribution < 1.29 is 18.7 Å². The molecule has 1 atom stereocenters. The topological polar surface area (TPSA) is 115 Å². The van der Waals surface area contributed by atoms with Gasteiger partial charge in [0.1, 0.15) is 12.1 Å². The molecule has 0 aliphatic carbocycles. The molecule has 11 heteroatoms. The zero-order valence-corrected chi connectivity index (χ0v) is 14.6. The monoisotopic (exact) mass is 383 g/mol. The van der Waals surface area contributed by atoms with Crippen molar-refractivity contribution >= 4 is 17.7 Å². The number of halogens is 1. The second-order valence-corrected chi connectivity index (χ2v) is 5.92. The highest BCUT2D eigenvalue weighted by atomic mass is 19.1. The van der Waals surface area contributed by atoms with E-state index >= 15 is 0 Å². The molecule has 1 aliphatic rings. The van der Waals surface area contributed by atoms with Gasteiger partial charge in [0.05, 0.1) is 12.2 Å². The summed E-state index contributed by atoms with van der Waals surface area (Å²) in [7, 11) is 1.45. The van der Waals surface area contributed by atoms with E-state index in [1.807, 2.05) is 0 Å².